The van der Waals surface area contributed by atoms with E-state index in [0.29, 0.717) is 18.0 Å². The van der Waals surface area contributed by atoms with Gasteiger partial charge in [-0.25, -0.2) is 8.42 Å². The minimum atomic E-state index is -3.11. The molecule has 1 rings (SSSR count). The summed E-state index contributed by atoms with van der Waals surface area (Å²) in [6, 6.07) is 6.02. The molecule has 3 N–H and O–H groups in total. The largest absolute Gasteiger partial charge is 0.494 e. The second-order valence-electron chi connectivity index (χ2n) is 4.47. The molecule has 0 spiro atoms. The van der Waals surface area contributed by atoms with E-state index in [0.717, 1.165) is 6.26 Å². The van der Waals surface area contributed by atoms with Crippen molar-refractivity contribution in [2.45, 2.75) is 19.4 Å². The maximum atomic E-state index is 11.8. The summed E-state index contributed by atoms with van der Waals surface area (Å²) >= 11 is 0. The molecular weight excluding hydrogens is 280 g/mol. The van der Waals surface area contributed by atoms with Crippen molar-refractivity contribution in [3.8, 4) is 5.75 Å². The van der Waals surface area contributed by atoms with E-state index in [1.807, 2.05) is 6.92 Å². The van der Waals surface area contributed by atoms with Gasteiger partial charge in [-0.15, -0.1) is 0 Å². The van der Waals surface area contributed by atoms with Crippen molar-refractivity contribution < 1.29 is 17.9 Å². The highest BCUT2D eigenvalue weighted by Gasteiger charge is 2.16. The zero-order valence-electron chi connectivity index (χ0n) is 11.6. The Labute approximate surface area is 119 Å². The third-order valence-corrected chi connectivity index (χ3v) is 3.55. The lowest BCUT2D eigenvalue weighted by molar-refractivity contribution is -0.117. The van der Waals surface area contributed by atoms with Crippen LogP contribution >= 0.6 is 0 Å². The molecule has 0 aliphatic carbocycles. The SMILES string of the molecule is CCOc1ccc(NC(=O)C(N)CCS(C)(=O)=O)cc1. The van der Waals surface area contributed by atoms with Crippen LogP contribution in [0.1, 0.15) is 13.3 Å². The number of carbonyl (C=O) groups excluding carboxylic acids is 1. The Kier molecular flexibility index (Phi) is 5.97. The van der Waals surface area contributed by atoms with Crippen LogP contribution in [0.4, 0.5) is 5.69 Å². The molecule has 1 amide bonds. The number of sulfone groups is 1. The first kappa shape index (κ1) is 16.5. The van der Waals surface area contributed by atoms with E-state index >= 15 is 0 Å². The van der Waals surface area contributed by atoms with Gasteiger partial charge in [0.05, 0.1) is 18.4 Å². The Morgan fingerprint density at radius 3 is 2.45 bits per heavy atom. The number of carbonyl (C=O) groups is 1. The second-order valence-corrected chi connectivity index (χ2v) is 6.73. The van der Waals surface area contributed by atoms with Gasteiger partial charge in [-0.3, -0.25) is 4.79 Å². The fourth-order valence-corrected chi connectivity index (χ4v) is 2.19. The number of hydrogen-bond acceptors (Lipinski definition) is 5. The molecule has 0 radical (unpaired) electrons. The van der Waals surface area contributed by atoms with E-state index in [2.05, 4.69) is 5.32 Å². The van der Waals surface area contributed by atoms with Gasteiger partial charge in [0.2, 0.25) is 5.91 Å². The van der Waals surface area contributed by atoms with Gasteiger partial charge in [-0.05, 0) is 37.6 Å². The molecule has 1 aromatic rings. The summed E-state index contributed by atoms with van der Waals surface area (Å²) in [5.74, 6) is 0.204. The lowest BCUT2D eigenvalue weighted by Crippen LogP contribution is -2.37. The fraction of sp³-hybridized carbons (Fsp3) is 0.462. The molecule has 1 unspecified atom stereocenters. The number of rotatable bonds is 7. The van der Waals surface area contributed by atoms with E-state index in [4.69, 9.17) is 10.5 Å². The van der Waals surface area contributed by atoms with Gasteiger partial charge in [0, 0.05) is 11.9 Å². The molecule has 6 nitrogen and oxygen atoms in total. The van der Waals surface area contributed by atoms with Crippen molar-refractivity contribution in [2.75, 3.05) is 23.9 Å². The predicted octanol–water partition coefficient (Wildman–Crippen LogP) is 0.786. The summed E-state index contributed by atoms with van der Waals surface area (Å²) in [4.78, 5) is 11.8. The molecule has 1 atom stereocenters. The zero-order chi connectivity index (χ0) is 15.2. The van der Waals surface area contributed by atoms with Gasteiger partial charge in [-0.1, -0.05) is 0 Å². The number of amides is 1. The van der Waals surface area contributed by atoms with Crippen LogP contribution in [0.5, 0.6) is 5.75 Å². The van der Waals surface area contributed by atoms with E-state index in [9.17, 15) is 13.2 Å². The van der Waals surface area contributed by atoms with Crippen LogP contribution in [-0.2, 0) is 14.6 Å². The highest BCUT2D eigenvalue weighted by Crippen LogP contribution is 2.15. The fourth-order valence-electron chi connectivity index (χ4n) is 1.51. The molecule has 0 saturated carbocycles. The van der Waals surface area contributed by atoms with Crippen LogP contribution in [0.15, 0.2) is 24.3 Å². The average molecular weight is 300 g/mol. The van der Waals surface area contributed by atoms with E-state index in [-0.39, 0.29) is 12.2 Å². The quantitative estimate of drug-likeness (QED) is 0.775. The highest BCUT2D eigenvalue weighted by molar-refractivity contribution is 7.90. The molecule has 0 bridgehead atoms. The number of nitrogens with two attached hydrogens (primary N) is 1. The Morgan fingerprint density at radius 2 is 1.95 bits per heavy atom. The van der Waals surface area contributed by atoms with Gasteiger partial charge in [0.1, 0.15) is 15.6 Å². The summed E-state index contributed by atoms with van der Waals surface area (Å²) in [5.41, 5.74) is 6.24. The maximum Gasteiger partial charge on any atom is 0.241 e. The van der Waals surface area contributed by atoms with Gasteiger partial charge in [0.15, 0.2) is 0 Å². The monoisotopic (exact) mass is 300 g/mol. The molecule has 0 aliphatic heterocycles. The third-order valence-electron chi connectivity index (χ3n) is 2.57. The van der Waals surface area contributed by atoms with Crippen LogP contribution in [0.3, 0.4) is 0 Å². The van der Waals surface area contributed by atoms with Crippen molar-refractivity contribution in [1.29, 1.82) is 0 Å². The maximum absolute atomic E-state index is 11.8. The first-order valence-electron chi connectivity index (χ1n) is 6.29. The minimum Gasteiger partial charge on any atom is -0.494 e. The highest BCUT2D eigenvalue weighted by atomic mass is 32.2. The van der Waals surface area contributed by atoms with E-state index < -0.39 is 21.8 Å². The second kappa shape index (κ2) is 7.25. The number of nitrogens with one attached hydrogen (secondary N) is 1. The molecule has 7 heteroatoms. The topological polar surface area (TPSA) is 98.5 Å². The molecule has 112 valence electrons. The van der Waals surface area contributed by atoms with Gasteiger partial charge >= 0.3 is 0 Å². The van der Waals surface area contributed by atoms with E-state index in [1.54, 1.807) is 24.3 Å². The Balaban J connectivity index is 2.52. The van der Waals surface area contributed by atoms with Crippen LogP contribution in [-0.4, -0.2) is 39.0 Å². The number of hydrogen-bond donors (Lipinski definition) is 2. The first-order valence-corrected chi connectivity index (χ1v) is 8.35. The summed E-state index contributed by atoms with van der Waals surface area (Å²) in [6.45, 7) is 2.46. The van der Waals surface area contributed by atoms with E-state index in [1.165, 1.54) is 0 Å². The molecule has 0 saturated heterocycles. The number of anilines is 1. The van der Waals surface area contributed by atoms with Crippen LogP contribution in [0.25, 0.3) is 0 Å². The lowest BCUT2D eigenvalue weighted by Gasteiger charge is -2.12. The third kappa shape index (κ3) is 6.03. The van der Waals surface area contributed by atoms with Crippen molar-refractivity contribution in [1.82, 2.24) is 0 Å². The van der Waals surface area contributed by atoms with Gasteiger partial charge < -0.3 is 15.8 Å². The normalized spacial score (nSPS) is 12.8. The van der Waals surface area contributed by atoms with Gasteiger partial charge in [-0.2, -0.15) is 0 Å². The van der Waals surface area contributed by atoms with Crippen molar-refractivity contribution in [3.63, 3.8) is 0 Å². The molecule has 0 heterocycles. The molecule has 0 aliphatic rings. The summed E-state index contributed by atoms with van der Waals surface area (Å²) in [6.07, 6.45) is 1.21. The van der Waals surface area contributed by atoms with Crippen molar-refractivity contribution >= 4 is 21.4 Å². The lowest BCUT2D eigenvalue weighted by atomic mass is 10.2. The van der Waals surface area contributed by atoms with Crippen LogP contribution in [0, 0.1) is 0 Å². The summed E-state index contributed by atoms with van der Waals surface area (Å²) < 4.78 is 27.3. The summed E-state index contributed by atoms with van der Waals surface area (Å²) in [5, 5.41) is 2.63. The Hall–Kier alpha value is -1.60. The van der Waals surface area contributed by atoms with Crippen molar-refractivity contribution in [2.24, 2.45) is 5.73 Å². The standard InChI is InChI=1S/C13H20N2O4S/c1-3-19-11-6-4-10(5-7-11)15-13(16)12(14)8-9-20(2,17)18/h4-7,12H,3,8-9,14H2,1-2H3,(H,15,16). The molecule has 0 fully saturated rings. The Morgan fingerprint density at radius 1 is 1.35 bits per heavy atom. The van der Waals surface area contributed by atoms with Gasteiger partial charge in [0.25, 0.3) is 0 Å². The molecule has 20 heavy (non-hydrogen) atoms. The molecule has 0 aromatic heterocycles. The average Bonchev–Trinajstić information content (AvgIpc) is 2.37. The predicted molar refractivity (Wildman–Crippen MR) is 78.5 cm³/mol. The van der Waals surface area contributed by atoms with Crippen LogP contribution < -0.4 is 15.8 Å². The molecular formula is C13H20N2O4S. The van der Waals surface area contributed by atoms with Crippen LogP contribution in [0.2, 0.25) is 0 Å². The number of ether oxygens (including phenoxy) is 1. The summed E-state index contributed by atoms with van der Waals surface area (Å²) in [7, 11) is -3.11. The minimum absolute atomic E-state index is 0.0989. The number of benzene rings is 1. The smallest absolute Gasteiger partial charge is 0.241 e. The molecule has 1 aromatic carbocycles. The first-order chi connectivity index (χ1) is 9.31. The van der Waals surface area contributed by atoms with Crippen molar-refractivity contribution in [3.05, 3.63) is 24.3 Å². The Bertz CT molecular complexity index is 540. The zero-order valence-corrected chi connectivity index (χ0v) is 12.4.